The normalized spacial score (nSPS) is 10.3. The number of aryl methyl sites for hydroxylation is 1. The van der Waals surface area contributed by atoms with E-state index in [0.29, 0.717) is 18.7 Å². The van der Waals surface area contributed by atoms with Crippen LogP contribution in [0.4, 0.5) is 5.69 Å². The molecule has 0 aliphatic rings. The molecule has 0 atom stereocenters. The van der Waals surface area contributed by atoms with Crippen molar-refractivity contribution >= 4 is 23.5 Å². The molecule has 2 aromatic carbocycles. The second kappa shape index (κ2) is 10.1. The lowest BCUT2D eigenvalue weighted by molar-refractivity contribution is -0.124. The first-order chi connectivity index (χ1) is 14.5. The number of benzene rings is 2. The molecule has 0 saturated carbocycles. The SMILES string of the molecule is Cc1ccccc1CCNC(=O)COC(=O)c1ccc(NC(=O)c2ccco2)cc1. The number of nitrogens with one attached hydrogen (secondary N) is 2. The van der Waals surface area contributed by atoms with Crippen LogP contribution in [0.2, 0.25) is 0 Å². The van der Waals surface area contributed by atoms with Crippen LogP contribution in [-0.4, -0.2) is 30.9 Å². The minimum atomic E-state index is -0.618. The molecule has 1 heterocycles. The predicted octanol–water partition coefficient (Wildman–Crippen LogP) is 3.36. The summed E-state index contributed by atoms with van der Waals surface area (Å²) in [6.45, 7) is 2.13. The zero-order valence-electron chi connectivity index (χ0n) is 16.5. The van der Waals surface area contributed by atoms with Crippen molar-refractivity contribution in [3.05, 3.63) is 89.4 Å². The van der Waals surface area contributed by atoms with Crippen LogP contribution < -0.4 is 10.6 Å². The van der Waals surface area contributed by atoms with E-state index >= 15 is 0 Å². The Morgan fingerprint density at radius 2 is 1.73 bits per heavy atom. The molecule has 154 valence electrons. The van der Waals surface area contributed by atoms with E-state index in [1.165, 1.54) is 24.0 Å². The summed E-state index contributed by atoms with van der Waals surface area (Å²) in [4.78, 5) is 35.9. The second-order valence-electron chi connectivity index (χ2n) is 6.61. The summed E-state index contributed by atoms with van der Waals surface area (Å²) in [5.74, 6) is -1.18. The number of carbonyl (C=O) groups is 3. The first kappa shape index (κ1) is 20.9. The molecule has 30 heavy (non-hydrogen) atoms. The van der Waals surface area contributed by atoms with E-state index in [1.807, 2.05) is 31.2 Å². The number of anilines is 1. The molecule has 0 aliphatic carbocycles. The Labute approximate surface area is 174 Å². The highest BCUT2D eigenvalue weighted by Gasteiger charge is 2.12. The van der Waals surface area contributed by atoms with Crippen LogP contribution in [0.25, 0.3) is 0 Å². The number of hydrogen-bond donors (Lipinski definition) is 2. The predicted molar refractivity (Wildman–Crippen MR) is 111 cm³/mol. The lowest BCUT2D eigenvalue weighted by Gasteiger charge is -2.09. The molecule has 7 nitrogen and oxygen atoms in total. The van der Waals surface area contributed by atoms with E-state index in [-0.39, 0.29) is 23.8 Å². The van der Waals surface area contributed by atoms with Gasteiger partial charge in [0, 0.05) is 12.2 Å². The van der Waals surface area contributed by atoms with Gasteiger partial charge in [0.2, 0.25) is 0 Å². The van der Waals surface area contributed by atoms with E-state index in [9.17, 15) is 14.4 Å². The minimum absolute atomic E-state index is 0.187. The Hall–Kier alpha value is -3.87. The maximum absolute atomic E-state index is 12.1. The minimum Gasteiger partial charge on any atom is -0.459 e. The fourth-order valence-electron chi connectivity index (χ4n) is 2.78. The highest BCUT2D eigenvalue weighted by atomic mass is 16.5. The molecule has 0 saturated heterocycles. The Bertz CT molecular complexity index is 1010. The molecule has 0 unspecified atom stereocenters. The Morgan fingerprint density at radius 1 is 0.967 bits per heavy atom. The summed E-state index contributed by atoms with van der Waals surface area (Å²) in [5.41, 5.74) is 3.11. The largest absolute Gasteiger partial charge is 0.459 e. The molecule has 0 aliphatic heterocycles. The molecule has 3 rings (SSSR count). The zero-order chi connectivity index (χ0) is 21.3. The van der Waals surface area contributed by atoms with Crippen molar-refractivity contribution in [2.24, 2.45) is 0 Å². The molecule has 2 amide bonds. The molecule has 2 N–H and O–H groups in total. The van der Waals surface area contributed by atoms with Gasteiger partial charge in [-0.05, 0) is 60.9 Å². The van der Waals surface area contributed by atoms with Crippen molar-refractivity contribution in [3.8, 4) is 0 Å². The van der Waals surface area contributed by atoms with Gasteiger partial charge in [-0.15, -0.1) is 0 Å². The second-order valence-corrected chi connectivity index (χ2v) is 6.61. The standard InChI is InChI=1S/C23H22N2O5/c1-16-5-2-3-6-17(16)12-13-24-21(26)15-30-23(28)18-8-10-19(11-9-18)25-22(27)20-7-4-14-29-20/h2-11,14H,12-13,15H2,1H3,(H,24,26)(H,25,27). The van der Waals surface area contributed by atoms with Gasteiger partial charge in [-0.2, -0.15) is 0 Å². The van der Waals surface area contributed by atoms with Crippen LogP contribution in [0.15, 0.2) is 71.3 Å². The lowest BCUT2D eigenvalue weighted by Crippen LogP contribution is -2.30. The molecule has 0 fully saturated rings. The van der Waals surface area contributed by atoms with E-state index in [0.717, 1.165) is 5.56 Å². The number of amides is 2. The van der Waals surface area contributed by atoms with Gasteiger partial charge >= 0.3 is 5.97 Å². The average molecular weight is 406 g/mol. The van der Waals surface area contributed by atoms with Gasteiger partial charge in [0.25, 0.3) is 11.8 Å². The maximum Gasteiger partial charge on any atom is 0.338 e. The summed E-state index contributed by atoms with van der Waals surface area (Å²) in [6.07, 6.45) is 2.12. The average Bonchev–Trinajstić information content (AvgIpc) is 3.29. The fraction of sp³-hybridized carbons (Fsp3) is 0.174. The van der Waals surface area contributed by atoms with Crippen LogP contribution in [0, 0.1) is 6.92 Å². The third-order valence-electron chi connectivity index (χ3n) is 4.44. The van der Waals surface area contributed by atoms with Crippen LogP contribution in [0.1, 0.15) is 32.0 Å². The summed E-state index contributed by atoms with van der Waals surface area (Å²) >= 11 is 0. The van der Waals surface area contributed by atoms with Crippen molar-refractivity contribution in [2.45, 2.75) is 13.3 Å². The molecule has 0 radical (unpaired) electrons. The van der Waals surface area contributed by atoms with Gasteiger partial charge in [0.15, 0.2) is 12.4 Å². The lowest BCUT2D eigenvalue weighted by atomic mass is 10.1. The number of hydrogen-bond acceptors (Lipinski definition) is 5. The summed E-state index contributed by atoms with van der Waals surface area (Å²) in [7, 11) is 0. The Balaban J connectivity index is 1.41. The van der Waals surface area contributed by atoms with Gasteiger partial charge in [0.05, 0.1) is 11.8 Å². The number of esters is 1. The van der Waals surface area contributed by atoms with Crippen molar-refractivity contribution in [1.29, 1.82) is 0 Å². The first-order valence-corrected chi connectivity index (χ1v) is 9.46. The highest BCUT2D eigenvalue weighted by Crippen LogP contribution is 2.12. The Kier molecular flexibility index (Phi) is 7.00. The van der Waals surface area contributed by atoms with Gasteiger partial charge in [-0.1, -0.05) is 24.3 Å². The van der Waals surface area contributed by atoms with Gasteiger partial charge in [-0.25, -0.2) is 4.79 Å². The molecule has 3 aromatic rings. The summed E-state index contributed by atoms with van der Waals surface area (Å²) in [5, 5.41) is 5.39. The molecular weight excluding hydrogens is 384 g/mol. The smallest absolute Gasteiger partial charge is 0.338 e. The van der Waals surface area contributed by atoms with Crippen LogP contribution in [0.3, 0.4) is 0 Å². The van der Waals surface area contributed by atoms with Gasteiger partial charge < -0.3 is 19.8 Å². The quantitative estimate of drug-likeness (QED) is 0.559. The number of carbonyl (C=O) groups excluding carboxylic acids is 3. The number of rotatable bonds is 8. The maximum atomic E-state index is 12.1. The van der Waals surface area contributed by atoms with E-state index in [2.05, 4.69) is 10.6 Å². The third-order valence-corrected chi connectivity index (χ3v) is 4.44. The van der Waals surface area contributed by atoms with E-state index in [4.69, 9.17) is 9.15 Å². The molecule has 7 heteroatoms. The van der Waals surface area contributed by atoms with Crippen molar-refractivity contribution < 1.29 is 23.5 Å². The van der Waals surface area contributed by atoms with Gasteiger partial charge in [0.1, 0.15) is 0 Å². The molecule has 0 bridgehead atoms. The molecule has 0 spiro atoms. The van der Waals surface area contributed by atoms with Gasteiger partial charge in [-0.3, -0.25) is 9.59 Å². The number of furan rings is 1. The van der Waals surface area contributed by atoms with E-state index < -0.39 is 11.9 Å². The fourth-order valence-corrected chi connectivity index (χ4v) is 2.78. The topological polar surface area (TPSA) is 97.6 Å². The van der Waals surface area contributed by atoms with Crippen molar-refractivity contribution in [2.75, 3.05) is 18.5 Å². The van der Waals surface area contributed by atoms with Crippen LogP contribution in [-0.2, 0) is 16.0 Å². The van der Waals surface area contributed by atoms with Crippen LogP contribution in [0.5, 0.6) is 0 Å². The van der Waals surface area contributed by atoms with Crippen LogP contribution >= 0.6 is 0 Å². The summed E-state index contributed by atoms with van der Waals surface area (Å²) in [6, 6.07) is 17.3. The molecule has 1 aromatic heterocycles. The Morgan fingerprint density at radius 3 is 2.43 bits per heavy atom. The van der Waals surface area contributed by atoms with Crippen molar-refractivity contribution in [3.63, 3.8) is 0 Å². The zero-order valence-corrected chi connectivity index (χ0v) is 16.5. The van der Waals surface area contributed by atoms with E-state index in [1.54, 1.807) is 24.3 Å². The third kappa shape index (κ3) is 5.81. The monoisotopic (exact) mass is 406 g/mol. The first-order valence-electron chi connectivity index (χ1n) is 9.46. The van der Waals surface area contributed by atoms with Crippen molar-refractivity contribution in [1.82, 2.24) is 5.32 Å². The highest BCUT2D eigenvalue weighted by molar-refractivity contribution is 6.02. The number of ether oxygens (including phenoxy) is 1. The summed E-state index contributed by atoms with van der Waals surface area (Å²) < 4.78 is 10.1. The molecular formula is C23H22N2O5.